The van der Waals surface area contributed by atoms with Crippen molar-refractivity contribution in [1.82, 2.24) is 0 Å². The maximum absolute atomic E-state index is 11.2. The molecule has 0 fully saturated rings. The van der Waals surface area contributed by atoms with Crippen molar-refractivity contribution in [2.24, 2.45) is 0 Å². The van der Waals surface area contributed by atoms with Crippen LogP contribution in [0.15, 0.2) is 30.3 Å². The number of carbonyl (C=O) groups is 1. The molecule has 0 saturated heterocycles. The molecule has 0 aliphatic heterocycles. The summed E-state index contributed by atoms with van der Waals surface area (Å²) in [5.41, 5.74) is 3.20. The lowest BCUT2D eigenvalue weighted by molar-refractivity contribution is 0.109. The van der Waals surface area contributed by atoms with Crippen LogP contribution in [-0.4, -0.2) is 5.12 Å². The number of hydrogen-bond acceptors (Lipinski definition) is 3. The molecule has 2 rings (SSSR count). The van der Waals surface area contributed by atoms with Crippen molar-refractivity contribution >= 4 is 40.5 Å². The molecule has 0 atom stereocenters. The maximum atomic E-state index is 11.2. The summed E-state index contributed by atoms with van der Waals surface area (Å²) in [6, 6.07) is 9.97. The van der Waals surface area contributed by atoms with Crippen molar-refractivity contribution in [3.63, 3.8) is 0 Å². The predicted molar refractivity (Wildman–Crippen MR) is 76.8 cm³/mol. The lowest BCUT2D eigenvalue weighted by Crippen LogP contribution is -1.90. The second-order valence-corrected chi connectivity index (χ2v) is 5.54. The number of rotatable bonds is 3. The van der Waals surface area contributed by atoms with E-state index in [1.54, 1.807) is 0 Å². The average Bonchev–Trinajstić information content (AvgIpc) is 2.61. The van der Waals surface area contributed by atoms with Crippen LogP contribution in [0, 0.1) is 13.8 Å². The molecule has 4 heteroatoms. The Balaban J connectivity index is 2.27. The van der Waals surface area contributed by atoms with Crippen molar-refractivity contribution in [2.75, 3.05) is 5.32 Å². The maximum Gasteiger partial charge on any atom is 0.226 e. The number of carbonyl (C=O) groups excluding carboxylic acids is 1. The predicted octanol–water partition coefficient (Wildman–Crippen LogP) is 4.18. The van der Waals surface area contributed by atoms with Gasteiger partial charge < -0.3 is 5.32 Å². The van der Waals surface area contributed by atoms with E-state index in [-0.39, 0.29) is 5.12 Å². The lowest BCUT2D eigenvalue weighted by atomic mass is 10.2. The molecule has 2 aromatic rings. The van der Waals surface area contributed by atoms with E-state index in [2.05, 4.69) is 24.0 Å². The SMILES string of the molecule is Cc1cccc(Nc2cc(C(=O)S)sc2C)c1. The summed E-state index contributed by atoms with van der Waals surface area (Å²) in [6.45, 7) is 4.04. The van der Waals surface area contributed by atoms with Crippen LogP contribution in [0.25, 0.3) is 0 Å². The van der Waals surface area contributed by atoms with Gasteiger partial charge in [0, 0.05) is 10.6 Å². The Hall–Kier alpha value is -1.26. The molecule has 0 bridgehead atoms. The standard InChI is InChI=1S/C13H13NOS2/c1-8-4-3-5-10(6-8)14-11-7-12(13(15)16)17-9(11)2/h3-7,14H,1-2H3,(H,15,16). The smallest absolute Gasteiger partial charge is 0.226 e. The highest BCUT2D eigenvalue weighted by molar-refractivity contribution is 7.97. The number of thiol groups is 1. The summed E-state index contributed by atoms with van der Waals surface area (Å²) in [5.74, 6) is 0. The minimum atomic E-state index is -0.185. The van der Waals surface area contributed by atoms with Crippen molar-refractivity contribution in [2.45, 2.75) is 13.8 Å². The van der Waals surface area contributed by atoms with Gasteiger partial charge in [-0.15, -0.1) is 11.3 Å². The van der Waals surface area contributed by atoms with E-state index in [4.69, 9.17) is 0 Å². The van der Waals surface area contributed by atoms with Crippen LogP contribution in [0.2, 0.25) is 0 Å². The first-order valence-electron chi connectivity index (χ1n) is 5.23. The fourth-order valence-corrected chi connectivity index (χ4v) is 2.61. The monoisotopic (exact) mass is 263 g/mol. The first-order chi connectivity index (χ1) is 8.06. The summed E-state index contributed by atoms with van der Waals surface area (Å²) < 4.78 is 0. The zero-order valence-electron chi connectivity index (χ0n) is 9.65. The van der Waals surface area contributed by atoms with Gasteiger partial charge in [0.1, 0.15) is 0 Å². The third-order valence-corrected chi connectivity index (χ3v) is 3.87. The van der Waals surface area contributed by atoms with Gasteiger partial charge in [-0.25, -0.2) is 0 Å². The number of aryl methyl sites for hydroxylation is 2. The van der Waals surface area contributed by atoms with Crippen molar-refractivity contribution in [3.8, 4) is 0 Å². The van der Waals surface area contributed by atoms with E-state index >= 15 is 0 Å². The van der Waals surface area contributed by atoms with E-state index in [1.807, 2.05) is 38.1 Å². The molecule has 0 aliphatic carbocycles. The summed E-state index contributed by atoms with van der Waals surface area (Å²) in [4.78, 5) is 12.9. The molecule has 17 heavy (non-hydrogen) atoms. The molecule has 1 heterocycles. The van der Waals surface area contributed by atoms with Gasteiger partial charge in [-0.3, -0.25) is 4.79 Å². The van der Waals surface area contributed by atoms with Crippen LogP contribution in [0.4, 0.5) is 11.4 Å². The first-order valence-corrected chi connectivity index (χ1v) is 6.50. The zero-order chi connectivity index (χ0) is 12.4. The molecule has 0 unspecified atom stereocenters. The molecule has 0 saturated carbocycles. The Morgan fingerprint density at radius 3 is 2.65 bits per heavy atom. The topological polar surface area (TPSA) is 29.1 Å². The van der Waals surface area contributed by atoms with Crippen LogP contribution in [0.3, 0.4) is 0 Å². The zero-order valence-corrected chi connectivity index (χ0v) is 11.4. The van der Waals surface area contributed by atoms with Crippen LogP contribution in [0.1, 0.15) is 20.1 Å². The highest BCUT2D eigenvalue weighted by Gasteiger charge is 2.09. The number of nitrogens with one attached hydrogen (secondary N) is 1. The van der Waals surface area contributed by atoms with Gasteiger partial charge >= 0.3 is 0 Å². The van der Waals surface area contributed by atoms with E-state index in [9.17, 15) is 4.79 Å². The Morgan fingerprint density at radius 2 is 2.06 bits per heavy atom. The van der Waals surface area contributed by atoms with Gasteiger partial charge in [-0.2, -0.15) is 0 Å². The summed E-state index contributed by atoms with van der Waals surface area (Å²) >= 11 is 5.29. The quantitative estimate of drug-likeness (QED) is 0.813. The van der Waals surface area contributed by atoms with E-state index < -0.39 is 0 Å². The number of hydrogen-bond donors (Lipinski definition) is 2. The van der Waals surface area contributed by atoms with Gasteiger partial charge in [0.2, 0.25) is 5.12 Å². The molecule has 2 nitrogen and oxygen atoms in total. The Morgan fingerprint density at radius 1 is 1.29 bits per heavy atom. The molecular weight excluding hydrogens is 250 g/mol. The molecule has 0 aliphatic rings. The largest absolute Gasteiger partial charge is 0.355 e. The van der Waals surface area contributed by atoms with Crippen LogP contribution in [0.5, 0.6) is 0 Å². The van der Waals surface area contributed by atoms with Gasteiger partial charge in [-0.05, 0) is 37.6 Å². The highest BCUT2D eigenvalue weighted by atomic mass is 32.1. The molecule has 1 N–H and O–H groups in total. The normalized spacial score (nSPS) is 10.3. The molecule has 0 spiro atoms. The summed E-state index contributed by atoms with van der Waals surface area (Å²) in [7, 11) is 0. The Bertz CT molecular complexity index is 560. The fourth-order valence-electron chi connectivity index (χ4n) is 1.59. The molecule has 1 aromatic heterocycles. The lowest BCUT2D eigenvalue weighted by Gasteiger charge is -2.05. The third-order valence-electron chi connectivity index (χ3n) is 2.43. The van der Waals surface area contributed by atoms with Gasteiger partial charge in [0.25, 0.3) is 0 Å². The van der Waals surface area contributed by atoms with Crippen molar-refractivity contribution in [1.29, 1.82) is 0 Å². The minimum absolute atomic E-state index is 0.185. The second kappa shape index (κ2) is 4.94. The Labute approximate surface area is 110 Å². The Kier molecular flexibility index (Phi) is 3.54. The van der Waals surface area contributed by atoms with E-state index in [1.165, 1.54) is 16.9 Å². The van der Waals surface area contributed by atoms with Crippen molar-refractivity contribution < 1.29 is 4.79 Å². The van der Waals surface area contributed by atoms with Gasteiger partial charge in [0.15, 0.2) is 0 Å². The van der Waals surface area contributed by atoms with E-state index in [0.29, 0.717) is 4.88 Å². The van der Waals surface area contributed by atoms with Crippen LogP contribution >= 0.6 is 24.0 Å². The number of benzene rings is 1. The van der Waals surface area contributed by atoms with E-state index in [0.717, 1.165) is 16.3 Å². The number of anilines is 2. The molecule has 0 radical (unpaired) electrons. The average molecular weight is 263 g/mol. The summed E-state index contributed by atoms with van der Waals surface area (Å²) in [5, 5.41) is 3.13. The minimum Gasteiger partial charge on any atom is -0.355 e. The number of thiophene rings is 1. The van der Waals surface area contributed by atoms with Gasteiger partial charge in [0.05, 0.1) is 10.6 Å². The second-order valence-electron chi connectivity index (χ2n) is 3.88. The molecule has 88 valence electrons. The summed E-state index contributed by atoms with van der Waals surface area (Å²) in [6.07, 6.45) is 0. The fraction of sp³-hybridized carbons (Fsp3) is 0.154. The van der Waals surface area contributed by atoms with Gasteiger partial charge in [-0.1, -0.05) is 24.8 Å². The van der Waals surface area contributed by atoms with Crippen LogP contribution < -0.4 is 5.32 Å². The highest BCUT2D eigenvalue weighted by Crippen LogP contribution is 2.30. The third kappa shape index (κ3) is 2.90. The molecule has 0 amide bonds. The van der Waals surface area contributed by atoms with Crippen LogP contribution in [-0.2, 0) is 0 Å². The molecular formula is C13H13NOS2. The molecule has 1 aromatic carbocycles. The first kappa shape index (κ1) is 12.2. The van der Waals surface area contributed by atoms with Crippen molar-refractivity contribution in [3.05, 3.63) is 45.6 Å².